The number of nitrogens with one attached hydrogen (secondary N) is 1. The number of rotatable bonds is 6. The average Bonchev–Trinajstić information content (AvgIpc) is 2.75. The minimum Gasteiger partial charge on any atom is -0.489 e. The van der Waals surface area contributed by atoms with Crippen LogP contribution in [0.2, 0.25) is 10.0 Å². The van der Waals surface area contributed by atoms with E-state index in [4.69, 9.17) is 27.9 Å². The first-order chi connectivity index (χ1) is 14.5. The topological polar surface area (TPSA) is 62.1 Å². The van der Waals surface area contributed by atoms with E-state index < -0.39 is 5.91 Å². The van der Waals surface area contributed by atoms with E-state index >= 15 is 0 Å². The van der Waals surface area contributed by atoms with Gasteiger partial charge in [-0.15, -0.1) is 0 Å². The smallest absolute Gasteiger partial charge is 0.266 e. The number of amides is 1. The van der Waals surface area contributed by atoms with E-state index in [9.17, 15) is 10.1 Å². The zero-order valence-corrected chi connectivity index (χ0v) is 18.6. The van der Waals surface area contributed by atoms with Gasteiger partial charge in [-0.25, -0.2) is 0 Å². The van der Waals surface area contributed by atoms with E-state index in [1.54, 1.807) is 42.5 Å². The molecular weight excluding hydrogens is 487 g/mol. The first-order valence-corrected chi connectivity index (χ1v) is 10.4. The van der Waals surface area contributed by atoms with Gasteiger partial charge in [0.2, 0.25) is 0 Å². The summed E-state index contributed by atoms with van der Waals surface area (Å²) in [7, 11) is 0. The van der Waals surface area contributed by atoms with Gasteiger partial charge in [0.25, 0.3) is 5.91 Å². The summed E-state index contributed by atoms with van der Waals surface area (Å²) in [6.07, 6.45) is 1.48. The molecule has 0 bridgehead atoms. The number of nitrogens with zero attached hydrogens (tertiary/aromatic N) is 1. The average molecular weight is 502 g/mol. The van der Waals surface area contributed by atoms with Crippen molar-refractivity contribution in [1.82, 2.24) is 0 Å². The number of carbonyl (C=O) groups excluding carboxylic acids is 1. The Hall–Kier alpha value is -2.78. The van der Waals surface area contributed by atoms with Crippen LogP contribution in [-0.4, -0.2) is 5.91 Å². The van der Waals surface area contributed by atoms with E-state index in [-0.39, 0.29) is 11.3 Å². The maximum atomic E-state index is 12.5. The van der Waals surface area contributed by atoms with Crippen LogP contribution in [0, 0.1) is 11.3 Å². The number of carbonyl (C=O) groups is 1. The first-order valence-electron chi connectivity index (χ1n) is 8.81. The lowest BCUT2D eigenvalue weighted by Crippen LogP contribution is -2.14. The van der Waals surface area contributed by atoms with Gasteiger partial charge in [-0.1, -0.05) is 69.5 Å². The van der Waals surface area contributed by atoms with Gasteiger partial charge < -0.3 is 10.1 Å². The van der Waals surface area contributed by atoms with Gasteiger partial charge in [-0.3, -0.25) is 4.79 Å². The highest BCUT2D eigenvalue weighted by atomic mass is 79.9. The van der Waals surface area contributed by atoms with Crippen molar-refractivity contribution in [2.45, 2.75) is 6.61 Å². The Balaban J connectivity index is 1.67. The van der Waals surface area contributed by atoms with Crippen molar-refractivity contribution in [3.63, 3.8) is 0 Å². The molecule has 3 rings (SSSR count). The van der Waals surface area contributed by atoms with Crippen LogP contribution in [0.4, 0.5) is 5.69 Å². The molecule has 1 amide bonds. The molecule has 7 heteroatoms. The molecule has 150 valence electrons. The Morgan fingerprint density at radius 2 is 1.67 bits per heavy atom. The molecule has 3 aromatic carbocycles. The van der Waals surface area contributed by atoms with Crippen LogP contribution >= 0.6 is 39.1 Å². The number of anilines is 1. The number of nitriles is 1. The Labute approximate surface area is 192 Å². The molecule has 3 aromatic rings. The fraction of sp³-hybridized carbons (Fsp3) is 0.0435. The summed E-state index contributed by atoms with van der Waals surface area (Å²) in [5.41, 5.74) is 1.92. The Kier molecular flexibility index (Phi) is 7.53. The molecule has 0 unspecified atom stereocenters. The van der Waals surface area contributed by atoms with E-state index in [1.165, 1.54) is 6.08 Å². The largest absolute Gasteiger partial charge is 0.489 e. The molecule has 0 radical (unpaired) electrons. The second-order valence-electron chi connectivity index (χ2n) is 6.20. The van der Waals surface area contributed by atoms with Gasteiger partial charge >= 0.3 is 0 Å². The molecule has 0 spiro atoms. The van der Waals surface area contributed by atoms with Crippen LogP contribution in [0.3, 0.4) is 0 Å². The molecule has 0 fully saturated rings. The second kappa shape index (κ2) is 10.3. The highest BCUT2D eigenvalue weighted by Gasteiger charge is 2.13. The number of hydrogen-bond acceptors (Lipinski definition) is 3. The van der Waals surface area contributed by atoms with E-state index in [0.717, 1.165) is 10.0 Å². The van der Waals surface area contributed by atoms with Gasteiger partial charge in [0.1, 0.15) is 24.0 Å². The van der Waals surface area contributed by atoms with Crippen LogP contribution in [0.5, 0.6) is 5.75 Å². The molecule has 0 heterocycles. The quantitative estimate of drug-likeness (QED) is 0.295. The van der Waals surface area contributed by atoms with Crippen molar-refractivity contribution in [1.29, 1.82) is 5.26 Å². The third-order valence-electron chi connectivity index (χ3n) is 4.08. The van der Waals surface area contributed by atoms with E-state index in [2.05, 4.69) is 21.2 Å². The fourth-order valence-electron chi connectivity index (χ4n) is 2.52. The number of hydrogen-bond donors (Lipinski definition) is 1. The Morgan fingerprint density at radius 1 is 1.03 bits per heavy atom. The summed E-state index contributed by atoms with van der Waals surface area (Å²) < 4.78 is 6.77. The van der Waals surface area contributed by atoms with Crippen LogP contribution in [0.1, 0.15) is 11.1 Å². The van der Waals surface area contributed by atoms with Gasteiger partial charge in [0.05, 0.1) is 15.7 Å². The van der Waals surface area contributed by atoms with Crippen molar-refractivity contribution in [2.24, 2.45) is 0 Å². The standard InChI is InChI=1S/C23H15BrCl2N2O2/c24-18-8-4-16(5-9-18)14-30-19-10-6-15(7-11-19)12-17(13-27)23(29)28-22-20(25)2-1-3-21(22)26/h1-12H,14H2,(H,28,29)/b17-12+. The summed E-state index contributed by atoms with van der Waals surface area (Å²) >= 11 is 15.5. The van der Waals surface area contributed by atoms with E-state index in [0.29, 0.717) is 28.0 Å². The monoisotopic (exact) mass is 500 g/mol. The third-order valence-corrected chi connectivity index (χ3v) is 5.23. The van der Waals surface area contributed by atoms with Crippen LogP contribution in [-0.2, 0) is 11.4 Å². The normalized spacial score (nSPS) is 10.9. The van der Waals surface area contributed by atoms with Crippen LogP contribution in [0.25, 0.3) is 6.08 Å². The molecule has 0 aliphatic heterocycles. The van der Waals surface area contributed by atoms with Crippen molar-refractivity contribution < 1.29 is 9.53 Å². The van der Waals surface area contributed by atoms with Gasteiger partial charge in [-0.2, -0.15) is 5.26 Å². The first kappa shape index (κ1) is 21.9. The van der Waals surface area contributed by atoms with Crippen molar-refractivity contribution in [2.75, 3.05) is 5.32 Å². The molecule has 0 saturated carbocycles. The molecule has 30 heavy (non-hydrogen) atoms. The minimum absolute atomic E-state index is 0.0745. The zero-order chi connectivity index (χ0) is 21.5. The summed E-state index contributed by atoms with van der Waals surface area (Å²) in [4.78, 5) is 12.5. The predicted molar refractivity (Wildman–Crippen MR) is 124 cm³/mol. The number of para-hydroxylation sites is 1. The lowest BCUT2D eigenvalue weighted by atomic mass is 10.1. The molecule has 0 aliphatic rings. The second-order valence-corrected chi connectivity index (χ2v) is 7.93. The highest BCUT2D eigenvalue weighted by molar-refractivity contribution is 9.10. The van der Waals surface area contributed by atoms with Crippen LogP contribution in [0.15, 0.2) is 76.8 Å². The number of ether oxygens (including phenoxy) is 1. The fourth-order valence-corrected chi connectivity index (χ4v) is 3.28. The van der Waals surface area contributed by atoms with Gasteiger partial charge in [0.15, 0.2) is 0 Å². The van der Waals surface area contributed by atoms with Gasteiger partial charge in [0, 0.05) is 4.47 Å². The molecular formula is C23H15BrCl2N2O2. The lowest BCUT2D eigenvalue weighted by Gasteiger charge is -2.09. The maximum absolute atomic E-state index is 12.5. The van der Waals surface area contributed by atoms with E-state index in [1.807, 2.05) is 30.3 Å². The highest BCUT2D eigenvalue weighted by Crippen LogP contribution is 2.30. The zero-order valence-electron chi connectivity index (χ0n) is 15.5. The SMILES string of the molecule is N#C/C(=C\c1ccc(OCc2ccc(Br)cc2)cc1)C(=O)Nc1c(Cl)cccc1Cl. The summed E-state index contributed by atoms with van der Waals surface area (Å²) in [6, 6.07) is 21.7. The van der Waals surface area contributed by atoms with Crippen molar-refractivity contribution in [3.8, 4) is 11.8 Å². The summed E-state index contributed by atoms with van der Waals surface area (Å²) in [6.45, 7) is 0.437. The van der Waals surface area contributed by atoms with Crippen molar-refractivity contribution in [3.05, 3.63) is 97.9 Å². The molecule has 0 aromatic heterocycles. The Bertz CT molecular complexity index is 1100. The third kappa shape index (κ3) is 5.87. The molecule has 4 nitrogen and oxygen atoms in total. The molecule has 0 aliphatic carbocycles. The maximum Gasteiger partial charge on any atom is 0.266 e. The van der Waals surface area contributed by atoms with Crippen molar-refractivity contribution >= 4 is 56.8 Å². The summed E-state index contributed by atoms with van der Waals surface area (Å²) in [5.74, 6) is 0.0870. The summed E-state index contributed by atoms with van der Waals surface area (Å²) in [5, 5.41) is 12.6. The predicted octanol–water partition coefficient (Wildman–Crippen LogP) is 6.88. The molecule has 0 saturated heterocycles. The van der Waals surface area contributed by atoms with Gasteiger partial charge in [-0.05, 0) is 53.6 Å². The number of halogens is 3. The molecule has 1 N–H and O–H groups in total. The number of benzene rings is 3. The van der Waals surface area contributed by atoms with Crippen LogP contribution < -0.4 is 10.1 Å². The lowest BCUT2D eigenvalue weighted by molar-refractivity contribution is -0.112. The minimum atomic E-state index is -0.594. The Morgan fingerprint density at radius 3 is 2.27 bits per heavy atom. The molecule has 0 atom stereocenters.